The summed E-state index contributed by atoms with van der Waals surface area (Å²) in [6.07, 6.45) is 10.5. The van der Waals surface area contributed by atoms with Crippen LogP contribution < -0.4 is 21.3 Å². The summed E-state index contributed by atoms with van der Waals surface area (Å²) >= 11 is 0. The number of H-pyrrole nitrogens is 2. The molecule has 3 unspecified atom stereocenters. The minimum atomic E-state index is 0.0193. The van der Waals surface area contributed by atoms with Crippen LogP contribution in [0.1, 0.15) is 81.1 Å². The highest BCUT2D eigenvalue weighted by molar-refractivity contribution is 5.55. The van der Waals surface area contributed by atoms with Gasteiger partial charge in [-0.1, -0.05) is 27.7 Å². The maximum Gasteiger partial charge on any atom is 0.0473 e. The predicted octanol–water partition coefficient (Wildman–Crippen LogP) is 4.16. The number of aromatic amines is 2. The molecule has 0 aromatic carbocycles. The molecule has 3 aliphatic rings. The van der Waals surface area contributed by atoms with E-state index in [1.54, 1.807) is 0 Å². The maximum atomic E-state index is 4.06. The number of hydrogen-bond donors (Lipinski definition) is 4. The largest absolute Gasteiger partial charge is 0.382 e. The monoisotopic (exact) mass is 446 g/mol. The highest BCUT2D eigenvalue weighted by atomic mass is 15.1. The van der Waals surface area contributed by atoms with Crippen LogP contribution in [0.3, 0.4) is 0 Å². The van der Waals surface area contributed by atoms with Crippen LogP contribution in [0.2, 0.25) is 0 Å². The third-order valence-electron chi connectivity index (χ3n) is 9.43. The lowest BCUT2D eigenvalue weighted by atomic mass is 9.71. The van der Waals surface area contributed by atoms with Crippen LogP contribution >= 0.6 is 0 Å². The minimum absolute atomic E-state index is 0.0193. The van der Waals surface area contributed by atoms with E-state index in [9.17, 15) is 0 Å². The van der Waals surface area contributed by atoms with E-state index in [1.165, 1.54) is 50.0 Å². The third kappa shape index (κ3) is 3.53. The van der Waals surface area contributed by atoms with Gasteiger partial charge in [-0.05, 0) is 93.4 Å². The summed E-state index contributed by atoms with van der Waals surface area (Å²) in [5.74, 6) is 0. The Bertz CT molecular complexity index is 1270. The molecular formula is C29H42N4. The van der Waals surface area contributed by atoms with Crippen molar-refractivity contribution in [3.63, 3.8) is 0 Å². The summed E-state index contributed by atoms with van der Waals surface area (Å²) < 4.78 is 0. The van der Waals surface area contributed by atoms with Crippen molar-refractivity contribution >= 4 is 12.2 Å². The summed E-state index contributed by atoms with van der Waals surface area (Å²) in [6.45, 7) is 21.0. The van der Waals surface area contributed by atoms with Crippen molar-refractivity contribution in [1.29, 1.82) is 0 Å². The molecule has 178 valence electrons. The van der Waals surface area contributed by atoms with Gasteiger partial charge >= 0.3 is 0 Å². The lowest BCUT2D eigenvalue weighted by molar-refractivity contribution is 0.199. The molecule has 33 heavy (non-hydrogen) atoms. The molecule has 5 heterocycles. The molecule has 4 N–H and O–H groups in total. The van der Waals surface area contributed by atoms with E-state index in [0.29, 0.717) is 12.1 Å². The standard InChI is InChI=1S/C29H42N4/c1-16-17(2)23-12-24-18(3)19(4)25(32-24)15-29(9)28(7,8)14-21(33-29)11-26-27(5,6)13-20(30-26)10-22(16)31-23/h10-12,20-21,30-33H,13-15H2,1-9H3/b22-10-,23-12-,26-11-. The molecule has 5 rings (SSSR count). The number of allylic oxidation sites excluding steroid dienone is 1. The van der Waals surface area contributed by atoms with Gasteiger partial charge in [-0.15, -0.1) is 0 Å². The molecule has 0 aliphatic carbocycles. The first-order valence-corrected chi connectivity index (χ1v) is 12.6. The quantitative estimate of drug-likeness (QED) is 0.491. The maximum absolute atomic E-state index is 4.06. The van der Waals surface area contributed by atoms with Crippen LogP contribution in [0.25, 0.3) is 12.2 Å². The van der Waals surface area contributed by atoms with Gasteiger partial charge in [0.1, 0.15) is 0 Å². The highest BCUT2D eigenvalue weighted by Crippen LogP contribution is 2.46. The molecule has 0 radical (unpaired) electrons. The molecule has 4 heteroatoms. The predicted molar refractivity (Wildman–Crippen MR) is 139 cm³/mol. The average molecular weight is 447 g/mol. The number of rotatable bonds is 0. The van der Waals surface area contributed by atoms with E-state index in [0.717, 1.165) is 19.3 Å². The molecule has 2 fully saturated rings. The van der Waals surface area contributed by atoms with Crippen molar-refractivity contribution in [2.24, 2.45) is 10.8 Å². The first-order valence-electron chi connectivity index (χ1n) is 12.6. The van der Waals surface area contributed by atoms with E-state index in [4.69, 9.17) is 0 Å². The van der Waals surface area contributed by atoms with Crippen LogP contribution in [0.4, 0.5) is 0 Å². The number of nitrogens with one attached hydrogen (secondary N) is 4. The topological polar surface area (TPSA) is 55.6 Å². The Morgan fingerprint density at radius 2 is 1.45 bits per heavy atom. The van der Waals surface area contributed by atoms with Crippen molar-refractivity contribution in [3.05, 3.63) is 56.1 Å². The zero-order valence-corrected chi connectivity index (χ0v) is 22.0. The van der Waals surface area contributed by atoms with Crippen LogP contribution in [0.5, 0.6) is 0 Å². The number of aromatic nitrogens is 2. The van der Waals surface area contributed by atoms with Crippen LogP contribution in [-0.2, 0) is 6.42 Å². The van der Waals surface area contributed by atoms with Crippen LogP contribution in [0, 0.1) is 38.5 Å². The molecule has 0 amide bonds. The smallest absolute Gasteiger partial charge is 0.0473 e. The molecule has 3 atom stereocenters. The van der Waals surface area contributed by atoms with Crippen molar-refractivity contribution in [2.75, 3.05) is 0 Å². The Balaban J connectivity index is 1.73. The van der Waals surface area contributed by atoms with Crippen LogP contribution in [-0.4, -0.2) is 27.6 Å². The van der Waals surface area contributed by atoms with Gasteiger partial charge in [0.15, 0.2) is 0 Å². The van der Waals surface area contributed by atoms with E-state index < -0.39 is 0 Å². The van der Waals surface area contributed by atoms with Gasteiger partial charge in [-0.2, -0.15) is 0 Å². The van der Waals surface area contributed by atoms with Gasteiger partial charge < -0.3 is 20.6 Å². The molecule has 8 bridgehead atoms. The van der Waals surface area contributed by atoms with E-state index in [2.05, 4.69) is 101 Å². The lowest BCUT2D eigenvalue weighted by Crippen LogP contribution is -2.49. The Morgan fingerprint density at radius 3 is 2.18 bits per heavy atom. The zero-order valence-electron chi connectivity index (χ0n) is 22.0. The molecular weight excluding hydrogens is 404 g/mol. The summed E-state index contributed by atoms with van der Waals surface area (Å²) in [5, 5.41) is 10.4. The third-order valence-corrected chi connectivity index (χ3v) is 9.43. The highest BCUT2D eigenvalue weighted by Gasteiger charge is 2.49. The Kier molecular flexibility index (Phi) is 4.89. The number of fused-ring (bicyclic) bond motifs is 8. The first-order chi connectivity index (χ1) is 15.3. The van der Waals surface area contributed by atoms with Crippen molar-refractivity contribution in [3.8, 4) is 0 Å². The van der Waals surface area contributed by atoms with Gasteiger partial charge in [0.05, 0.1) is 0 Å². The second-order valence-corrected chi connectivity index (χ2v) is 12.5. The second kappa shape index (κ2) is 7.15. The fourth-order valence-corrected chi connectivity index (χ4v) is 6.35. The average Bonchev–Trinajstić information content (AvgIpc) is 3.30. The van der Waals surface area contributed by atoms with Crippen molar-refractivity contribution < 1.29 is 0 Å². The molecule has 2 saturated heterocycles. The molecule has 4 nitrogen and oxygen atoms in total. The zero-order chi connectivity index (χ0) is 23.9. The Hall–Kier alpha value is -2.20. The normalized spacial score (nSPS) is 33.4. The molecule has 0 spiro atoms. The first kappa shape index (κ1) is 22.6. The summed E-state index contributed by atoms with van der Waals surface area (Å²) in [7, 11) is 0. The fourth-order valence-electron chi connectivity index (χ4n) is 6.35. The fraction of sp³-hybridized carbons (Fsp3) is 0.586. The van der Waals surface area contributed by atoms with Crippen molar-refractivity contribution in [2.45, 2.75) is 99.2 Å². The second-order valence-electron chi connectivity index (χ2n) is 12.5. The summed E-state index contributed by atoms with van der Waals surface area (Å²) in [5.41, 5.74) is 9.74. The van der Waals surface area contributed by atoms with E-state index in [-0.39, 0.29) is 16.4 Å². The molecule has 2 aromatic rings. The summed E-state index contributed by atoms with van der Waals surface area (Å²) in [4.78, 5) is 7.55. The molecule has 0 saturated carbocycles. The Labute approximate surface area is 199 Å². The van der Waals surface area contributed by atoms with Crippen LogP contribution in [0.15, 0.2) is 11.8 Å². The lowest BCUT2D eigenvalue weighted by Gasteiger charge is -2.38. The summed E-state index contributed by atoms with van der Waals surface area (Å²) in [6, 6.07) is 0.715. The van der Waals surface area contributed by atoms with Crippen molar-refractivity contribution in [1.82, 2.24) is 20.6 Å². The molecule has 2 aromatic heterocycles. The van der Waals surface area contributed by atoms with Gasteiger partial charge in [0.25, 0.3) is 0 Å². The van der Waals surface area contributed by atoms with Gasteiger partial charge in [-0.25, -0.2) is 0 Å². The van der Waals surface area contributed by atoms with E-state index >= 15 is 0 Å². The van der Waals surface area contributed by atoms with Gasteiger partial charge in [0.2, 0.25) is 0 Å². The minimum Gasteiger partial charge on any atom is -0.382 e. The van der Waals surface area contributed by atoms with Gasteiger partial charge in [0, 0.05) is 57.2 Å². The van der Waals surface area contributed by atoms with Gasteiger partial charge in [-0.3, -0.25) is 0 Å². The number of hydrogen-bond acceptors (Lipinski definition) is 2. The molecule has 3 aliphatic heterocycles. The Morgan fingerprint density at radius 1 is 0.758 bits per heavy atom. The van der Waals surface area contributed by atoms with E-state index in [1.807, 2.05) is 0 Å². The SMILES string of the molecule is Cc1c2[nH]c(c1C)CC1(C)NC(/C=C3\NC(/C=c4\[nH]/c(c(C)c4C)=C\2)CC3(C)C)CC1(C)C.